The van der Waals surface area contributed by atoms with Crippen LogP contribution < -0.4 is 11.3 Å². The molecule has 7 heteroatoms. The lowest BCUT2D eigenvalue weighted by Gasteiger charge is -2.19. The number of hydrogen-bond acceptors (Lipinski definition) is 4. The number of rotatable bonds is 6. The molecule has 0 aliphatic carbocycles. The van der Waals surface area contributed by atoms with Gasteiger partial charge in [-0.25, -0.2) is 14.1 Å². The van der Waals surface area contributed by atoms with Gasteiger partial charge in [-0.15, -0.1) is 0 Å². The molecule has 3 N–H and O–H groups in total. The van der Waals surface area contributed by atoms with Crippen molar-refractivity contribution in [1.82, 2.24) is 20.2 Å². The summed E-state index contributed by atoms with van der Waals surface area (Å²) in [6, 6.07) is 4.48. The Hall–Kier alpha value is -1.31. The van der Waals surface area contributed by atoms with Gasteiger partial charge in [0.15, 0.2) is 0 Å². The molecule has 2 rings (SSSR count). The monoisotopic (exact) mass is 355 g/mol. The topological polar surface area (TPSA) is 68.8 Å². The molecule has 1 unspecified atom stereocenters. The van der Waals surface area contributed by atoms with E-state index in [0.717, 1.165) is 12.4 Å². The van der Waals surface area contributed by atoms with Gasteiger partial charge in [-0.05, 0) is 18.1 Å². The van der Waals surface area contributed by atoms with Gasteiger partial charge in [0.1, 0.15) is 18.0 Å². The predicted molar refractivity (Wildman–Crippen MR) is 82.7 cm³/mol. The first-order valence-electron chi connectivity index (χ1n) is 6.79. The van der Waals surface area contributed by atoms with Crippen molar-refractivity contribution in [3.63, 3.8) is 0 Å². The number of hydrogen-bond donors (Lipinski definition) is 2. The molecule has 0 radical (unpaired) electrons. The van der Waals surface area contributed by atoms with Gasteiger partial charge in [-0.3, -0.25) is 11.3 Å². The van der Waals surface area contributed by atoms with Crippen molar-refractivity contribution in [3.05, 3.63) is 46.2 Å². The normalized spacial score (nSPS) is 12.9. The van der Waals surface area contributed by atoms with Crippen LogP contribution in [0, 0.1) is 11.7 Å². The maximum absolute atomic E-state index is 14.1. The second-order valence-corrected chi connectivity index (χ2v) is 6.17. The van der Waals surface area contributed by atoms with E-state index in [1.165, 1.54) is 12.4 Å². The van der Waals surface area contributed by atoms with Crippen LogP contribution in [0.1, 0.15) is 31.3 Å². The summed E-state index contributed by atoms with van der Waals surface area (Å²) in [4.78, 5) is 4.26. The molecule has 2 aromatic rings. The van der Waals surface area contributed by atoms with Crippen molar-refractivity contribution in [2.45, 2.75) is 32.9 Å². The van der Waals surface area contributed by atoms with Crippen LogP contribution in [-0.4, -0.2) is 14.8 Å². The van der Waals surface area contributed by atoms with Gasteiger partial charge >= 0.3 is 0 Å². The molecule has 1 aromatic heterocycles. The SMILES string of the molecule is CC(C)Cn1ncnc1CC(NN)c1c(F)cccc1Br. The Morgan fingerprint density at radius 2 is 2.19 bits per heavy atom. The molecule has 0 amide bonds. The van der Waals surface area contributed by atoms with Gasteiger partial charge in [0.05, 0.1) is 6.04 Å². The first kappa shape index (κ1) is 16.1. The van der Waals surface area contributed by atoms with Gasteiger partial charge in [-0.2, -0.15) is 5.10 Å². The minimum atomic E-state index is -0.379. The molecule has 21 heavy (non-hydrogen) atoms. The van der Waals surface area contributed by atoms with Crippen LogP contribution in [0.4, 0.5) is 4.39 Å². The highest BCUT2D eigenvalue weighted by atomic mass is 79.9. The van der Waals surface area contributed by atoms with E-state index in [0.29, 0.717) is 22.4 Å². The fourth-order valence-electron chi connectivity index (χ4n) is 2.22. The highest BCUT2D eigenvalue weighted by molar-refractivity contribution is 9.10. The molecule has 5 nitrogen and oxygen atoms in total. The van der Waals surface area contributed by atoms with Gasteiger partial charge < -0.3 is 0 Å². The second-order valence-electron chi connectivity index (χ2n) is 5.31. The van der Waals surface area contributed by atoms with Crippen LogP contribution in [0.3, 0.4) is 0 Å². The van der Waals surface area contributed by atoms with E-state index in [4.69, 9.17) is 5.84 Å². The van der Waals surface area contributed by atoms with E-state index in [2.05, 4.69) is 45.3 Å². The molecule has 0 saturated heterocycles. The first-order chi connectivity index (χ1) is 10.0. The molecule has 0 aliphatic rings. The average molecular weight is 356 g/mol. The van der Waals surface area contributed by atoms with Crippen molar-refractivity contribution < 1.29 is 4.39 Å². The van der Waals surface area contributed by atoms with Crippen LogP contribution >= 0.6 is 15.9 Å². The number of nitrogens with zero attached hydrogens (tertiary/aromatic N) is 3. The van der Waals surface area contributed by atoms with Crippen LogP contribution in [-0.2, 0) is 13.0 Å². The van der Waals surface area contributed by atoms with Crippen molar-refractivity contribution in [2.24, 2.45) is 11.8 Å². The Morgan fingerprint density at radius 3 is 2.81 bits per heavy atom. The molecule has 0 bridgehead atoms. The third-order valence-electron chi connectivity index (χ3n) is 3.17. The van der Waals surface area contributed by atoms with Crippen molar-refractivity contribution in [2.75, 3.05) is 0 Å². The van der Waals surface area contributed by atoms with Crippen molar-refractivity contribution >= 4 is 15.9 Å². The standard InChI is InChI=1S/C14H19BrFN5/c1-9(2)7-21-13(18-8-19-21)6-12(20-17)14-10(15)4-3-5-11(14)16/h3-5,8-9,12,20H,6-7,17H2,1-2H3. The number of nitrogens with one attached hydrogen (secondary N) is 1. The smallest absolute Gasteiger partial charge is 0.138 e. The van der Waals surface area contributed by atoms with Crippen LogP contribution in [0.15, 0.2) is 29.0 Å². The number of hydrazine groups is 1. The number of benzene rings is 1. The number of nitrogens with two attached hydrogens (primary N) is 1. The summed E-state index contributed by atoms with van der Waals surface area (Å²) >= 11 is 3.37. The van der Waals surface area contributed by atoms with E-state index in [1.54, 1.807) is 12.1 Å². The van der Waals surface area contributed by atoms with Crippen LogP contribution in [0.25, 0.3) is 0 Å². The Kier molecular flexibility index (Phi) is 5.44. The van der Waals surface area contributed by atoms with E-state index in [-0.39, 0.29) is 11.9 Å². The summed E-state index contributed by atoms with van der Waals surface area (Å²) in [7, 11) is 0. The van der Waals surface area contributed by atoms with E-state index < -0.39 is 0 Å². The molecule has 114 valence electrons. The lowest BCUT2D eigenvalue weighted by molar-refractivity contribution is 0.440. The highest BCUT2D eigenvalue weighted by Crippen LogP contribution is 2.27. The minimum absolute atomic E-state index is 0.303. The van der Waals surface area contributed by atoms with Gasteiger partial charge in [0.25, 0.3) is 0 Å². The van der Waals surface area contributed by atoms with Crippen molar-refractivity contribution in [1.29, 1.82) is 0 Å². The molecule has 1 atom stereocenters. The molecule has 0 saturated carbocycles. The zero-order chi connectivity index (χ0) is 15.4. The Balaban J connectivity index is 2.26. The molecule has 0 spiro atoms. The Bertz CT molecular complexity index is 579. The second kappa shape index (κ2) is 7.11. The third kappa shape index (κ3) is 3.87. The minimum Gasteiger partial charge on any atom is -0.271 e. The number of aromatic nitrogens is 3. The maximum Gasteiger partial charge on any atom is 0.138 e. The Labute approximate surface area is 131 Å². The molecular formula is C14H19BrFN5. The van der Waals surface area contributed by atoms with Crippen LogP contribution in [0.5, 0.6) is 0 Å². The fraction of sp³-hybridized carbons (Fsp3) is 0.429. The molecular weight excluding hydrogens is 337 g/mol. The highest BCUT2D eigenvalue weighted by Gasteiger charge is 2.20. The lowest BCUT2D eigenvalue weighted by Crippen LogP contribution is -2.31. The first-order valence-corrected chi connectivity index (χ1v) is 7.59. The summed E-state index contributed by atoms with van der Waals surface area (Å²) in [6.45, 7) is 4.99. The number of halogens is 2. The zero-order valence-electron chi connectivity index (χ0n) is 12.1. The fourth-order valence-corrected chi connectivity index (χ4v) is 2.83. The van der Waals surface area contributed by atoms with Gasteiger partial charge in [-0.1, -0.05) is 35.8 Å². The third-order valence-corrected chi connectivity index (χ3v) is 3.86. The summed E-state index contributed by atoms with van der Waals surface area (Å²) in [5.41, 5.74) is 3.17. The van der Waals surface area contributed by atoms with E-state index >= 15 is 0 Å². The predicted octanol–water partition coefficient (Wildman–Crippen LogP) is 2.58. The average Bonchev–Trinajstić information content (AvgIpc) is 2.83. The van der Waals surface area contributed by atoms with Gasteiger partial charge in [0, 0.05) is 23.0 Å². The van der Waals surface area contributed by atoms with Crippen molar-refractivity contribution in [3.8, 4) is 0 Å². The summed E-state index contributed by atoms with van der Waals surface area (Å²) < 4.78 is 16.6. The summed E-state index contributed by atoms with van der Waals surface area (Å²) in [6.07, 6.45) is 1.98. The molecule has 1 aromatic carbocycles. The molecule has 0 fully saturated rings. The van der Waals surface area contributed by atoms with Crippen LogP contribution in [0.2, 0.25) is 0 Å². The lowest BCUT2D eigenvalue weighted by atomic mass is 10.0. The summed E-state index contributed by atoms with van der Waals surface area (Å²) in [5.74, 6) is 6.55. The Morgan fingerprint density at radius 1 is 1.43 bits per heavy atom. The quantitative estimate of drug-likeness (QED) is 0.617. The maximum atomic E-state index is 14.1. The van der Waals surface area contributed by atoms with E-state index in [1.807, 2.05) is 4.68 Å². The zero-order valence-corrected chi connectivity index (χ0v) is 13.6. The molecule has 0 aliphatic heterocycles. The largest absolute Gasteiger partial charge is 0.271 e. The van der Waals surface area contributed by atoms with Gasteiger partial charge in [0.2, 0.25) is 0 Å². The summed E-state index contributed by atoms with van der Waals surface area (Å²) in [5, 5.41) is 4.21. The molecule has 1 heterocycles. The van der Waals surface area contributed by atoms with E-state index in [9.17, 15) is 4.39 Å².